The molecule has 7 heterocycles. The Labute approximate surface area is 394 Å². The highest BCUT2D eigenvalue weighted by molar-refractivity contribution is 5.99. The van der Waals surface area contributed by atoms with Crippen LogP contribution in [0.2, 0.25) is 0 Å². The van der Waals surface area contributed by atoms with Gasteiger partial charge in [-0.3, -0.25) is 28.1 Å². The summed E-state index contributed by atoms with van der Waals surface area (Å²) in [5.41, 5.74) is 6.58. The number of hydrogen-bond donors (Lipinski definition) is 1. The molecule has 1 saturated carbocycles. The topological polar surface area (TPSA) is 165 Å². The Balaban J connectivity index is 0.967. The summed E-state index contributed by atoms with van der Waals surface area (Å²) in [6, 6.07) is 27.4. The van der Waals surface area contributed by atoms with Crippen LogP contribution in [0.15, 0.2) is 118 Å². The van der Waals surface area contributed by atoms with Crippen molar-refractivity contribution in [2.75, 3.05) is 26.4 Å². The van der Waals surface area contributed by atoms with Crippen LogP contribution < -0.4 is 11.4 Å². The van der Waals surface area contributed by atoms with E-state index in [-0.39, 0.29) is 29.9 Å². The summed E-state index contributed by atoms with van der Waals surface area (Å²) in [5.74, 6) is -0.328. The molecule has 3 aliphatic rings. The maximum Gasteiger partial charge on any atom is 0.438 e. The molecule has 0 radical (unpaired) electrons. The van der Waals surface area contributed by atoms with E-state index in [1.807, 2.05) is 66.2 Å². The van der Waals surface area contributed by atoms with Crippen LogP contribution in [0.4, 0.5) is 4.39 Å². The fourth-order valence-corrected chi connectivity index (χ4v) is 10.8. The lowest BCUT2D eigenvalue weighted by molar-refractivity contribution is 0.0717. The normalized spacial score (nSPS) is 18.4. The number of rotatable bonds is 11. The van der Waals surface area contributed by atoms with E-state index >= 15 is 9.18 Å². The SMILES string of the molecule is Cc1cc(-n2nc3c(c2-n2ccn(-c4ccc5c(cnn5C)c4)c2=O)CN(C(=O)c2cc4cc(C5CCOCC5)ccc4n2[C@@]2(c4noc(=O)[nH]4)C[C@@H]2COCc2ccccc2)CC3)cc(C)c1F. The van der Waals surface area contributed by atoms with E-state index in [1.54, 1.807) is 68.0 Å². The summed E-state index contributed by atoms with van der Waals surface area (Å²) in [7, 11) is 1.87. The number of nitrogens with one attached hydrogen (secondary N) is 1. The van der Waals surface area contributed by atoms with E-state index in [0.29, 0.717) is 97.1 Å². The van der Waals surface area contributed by atoms with Crippen molar-refractivity contribution in [2.45, 2.75) is 64.1 Å². The molecule has 4 aromatic carbocycles. The molecule has 2 fully saturated rings. The molecule has 1 N–H and O–H groups in total. The van der Waals surface area contributed by atoms with Crippen molar-refractivity contribution in [3.8, 4) is 17.2 Å². The van der Waals surface area contributed by atoms with Crippen molar-refractivity contribution in [1.29, 1.82) is 0 Å². The molecule has 16 nitrogen and oxygen atoms in total. The highest BCUT2D eigenvalue weighted by Crippen LogP contribution is 2.56. The first-order chi connectivity index (χ1) is 33.5. The lowest BCUT2D eigenvalue weighted by atomic mass is 9.91. The third-order valence-corrected chi connectivity index (χ3v) is 14.5. The van der Waals surface area contributed by atoms with E-state index in [9.17, 15) is 9.59 Å². The van der Waals surface area contributed by atoms with Gasteiger partial charge in [0.05, 0.1) is 48.5 Å². The Morgan fingerprint density at radius 1 is 0.913 bits per heavy atom. The second-order valence-corrected chi connectivity index (χ2v) is 18.7. The number of nitrogens with zero attached hydrogens (tertiary/aromatic N) is 9. The van der Waals surface area contributed by atoms with Crippen LogP contribution in [-0.4, -0.2) is 80.6 Å². The molecule has 350 valence electrons. The summed E-state index contributed by atoms with van der Waals surface area (Å²) in [4.78, 5) is 47.7. The number of amides is 1. The van der Waals surface area contributed by atoms with Crippen molar-refractivity contribution in [3.63, 3.8) is 0 Å². The number of benzene rings is 4. The van der Waals surface area contributed by atoms with Gasteiger partial charge in [0.2, 0.25) is 0 Å². The van der Waals surface area contributed by atoms with E-state index < -0.39 is 11.3 Å². The number of fused-ring (bicyclic) bond motifs is 3. The number of halogens is 1. The highest BCUT2D eigenvalue weighted by atomic mass is 19.1. The van der Waals surface area contributed by atoms with Gasteiger partial charge in [0.15, 0.2) is 5.82 Å². The Morgan fingerprint density at radius 2 is 1.70 bits per heavy atom. The van der Waals surface area contributed by atoms with Crippen LogP contribution in [0.5, 0.6) is 0 Å². The van der Waals surface area contributed by atoms with Crippen LogP contribution in [0, 0.1) is 25.6 Å². The van der Waals surface area contributed by atoms with Gasteiger partial charge in [0, 0.05) is 73.4 Å². The molecule has 0 bridgehead atoms. The van der Waals surface area contributed by atoms with Gasteiger partial charge in [-0.25, -0.2) is 18.7 Å². The van der Waals surface area contributed by atoms with Gasteiger partial charge >= 0.3 is 11.4 Å². The number of aryl methyl sites for hydroxylation is 3. The average molecular weight is 929 g/mol. The molecule has 17 heteroatoms. The smallest absolute Gasteiger partial charge is 0.381 e. The molecule has 69 heavy (non-hydrogen) atoms. The molecule has 1 saturated heterocycles. The summed E-state index contributed by atoms with van der Waals surface area (Å²) >= 11 is 0. The van der Waals surface area contributed by atoms with Crippen LogP contribution in [-0.2, 0) is 41.6 Å². The number of imidazole rings is 1. The van der Waals surface area contributed by atoms with Crippen molar-refractivity contribution in [2.24, 2.45) is 13.0 Å². The van der Waals surface area contributed by atoms with Gasteiger partial charge in [0.1, 0.15) is 22.9 Å². The first-order valence-corrected chi connectivity index (χ1v) is 23.4. The van der Waals surface area contributed by atoms with Crippen molar-refractivity contribution in [3.05, 3.63) is 175 Å². The fraction of sp³-hybridized carbons (Fsp3) is 0.308. The predicted octanol–water partition coefficient (Wildman–Crippen LogP) is 7.16. The number of aromatic nitrogens is 9. The van der Waals surface area contributed by atoms with E-state index in [0.717, 1.165) is 45.9 Å². The van der Waals surface area contributed by atoms with Gasteiger partial charge in [-0.05, 0) is 110 Å². The molecule has 5 aromatic heterocycles. The fourth-order valence-electron chi connectivity index (χ4n) is 10.8. The van der Waals surface area contributed by atoms with Crippen LogP contribution in [0.1, 0.15) is 75.0 Å². The Bertz CT molecular complexity index is 3570. The van der Waals surface area contributed by atoms with Crippen LogP contribution in [0.3, 0.4) is 0 Å². The Hall–Kier alpha value is -7.63. The molecule has 1 aliphatic carbocycles. The zero-order chi connectivity index (χ0) is 47.1. The molecule has 0 unspecified atom stereocenters. The largest absolute Gasteiger partial charge is 0.438 e. The van der Waals surface area contributed by atoms with Crippen molar-refractivity contribution >= 4 is 27.7 Å². The summed E-state index contributed by atoms with van der Waals surface area (Å²) < 4.78 is 41.0. The zero-order valence-electron chi connectivity index (χ0n) is 38.4. The number of ether oxygens (including phenoxy) is 2. The summed E-state index contributed by atoms with van der Waals surface area (Å²) in [5, 5.41) is 15.5. The zero-order valence-corrected chi connectivity index (χ0v) is 38.4. The summed E-state index contributed by atoms with van der Waals surface area (Å²) in [6.07, 6.45) is 7.90. The number of carbonyl (C=O) groups is 1. The van der Waals surface area contributed by atoms with E-state index in [2.05, 4.69) is 33.4 Å². The Kier molecular flexibility index (Phi) is 10.2. The molecule has 0 spiro atoms. The maximum absolute atomic E-state index is 15.6. The molecule has 2 atom stereocenters. The van der Waals surface area contributed by atoms with Crippen LogP contribution in [0.25, 0.3) is 39.0 Å². The quantitative estimate of drug-likeness (QED) is 0.142. The molecular formula is C52H49FN10O6. The molecular weight excluding hydrogens is 880 g/mol. The monoisotopic (exact) mass is 928 g/mol. The highest BCUT2D eigenvalue weighted by Gasteiger charge is 2.61. The number of H-pyrrole nitrogens is 1. The standard InChI is InChI=1S/C52H49FN10O6/c1-31-21-40(22-32(2)46(31)53)63-47(61-18-17-60(51(61)66)39-10-12-43-37(24-39)27-54-58(43)3)41-28-59(16-13-42(41)56-63)48(64)45-25-36-23-35(34-14-19-67-20-15-34)9-11-44(36)62(45)52(49-55-50(65)69-57-49)26-38(52)30-68-29-33-7-5-4-6-8-33/h4-12,17-18,21-25,27,34,38H,13-16,19-20,26,28-30H2,1-3H3,(H,55,57,65)/t38-,52+/m1/s1. The third-order valence-electron chi connectivity index (χ3n) is 14.5. The van der Waals surface area contributed by atoms with E-state index in [1.165, 1.54) is 5.56 Å². The average Bonchev–Trinajstić information content (AvgIpc) is 3.95. The minimum absolute atomic E-state index is 0.119. The second kappa shape index (κ2) is 16.6. The number of carbonyl (C=O) groups excluding carboxylic acids is 1. The molecule has 2 aliphatic heterocycles. The molecule has 9 aromatic rings. The van der Waals surface area contributed by atoms with Crippen LogP contribution >= 0.6 is 0 Å². The minimum atomic E-state index is -0.972. The van der Waals surface area contributed by atoms with Gasteiger partial charge in [-0.15, -0.1) is 0 Å². The summed E-state index contributed by atoms with van der Waals surface area (Å²) in [6.45, 7) is 5.97. The first-order valence-electron chi connectivity index (χ1n) is 23.4. The van der Waals surface area contributed by atoms with Gasteiger partial charge in [-0.2, -0.15) is 10.2 Å². The van der Waals surface area contributed by atoms with Gasteiger partial charge in [-0.1, -0.05) is 41.6 Å². The number of hydrogen-bond acceptors (Lipinski definition) is 9. The van der Waals surface area contributed by atoms with Crippen molar-refractivity contribution in [1.82, 2.24) is 48.3 Å². The third kappa shape index (κ3) is 7.17. The Morgan fingerprint density at radius 3 is 2.48 bits per heavy atom. The molecule has 1 amide bonds. The number of aromatic amines is 1. The van der Waals surface area contributed by atoms with Gasteiger partial charge < -0.3 is 18.9 Å². The predicted molar refractivity (Wildman–Crippen MR) is 254 cm³/mol. The van der Waals surface area contributed by atoms with E-state index in [4.69, 9.17) is 19.1 Å². The van der Waals surface area contributed by atoms with Crippen molar-refractivity contribution < 1.29 is 23.2 Å². The molecule has 12 rings (SSSR count). The first kappa shape index (κ1) is 42.7. The second-order valence-electron chi connectivity index (χ2n) is 18.7. The maximum atomic E-state index is 15.6. The minimum Gasteiger partial charge on any atom is -0.381 e. The lowest BCUT2D eigenvalue weighted by Gasteiger charge is -2.29. The van der Waals surface area contributed by atoms with Gasteiger partial charge in [0.25, 0.3) is 5.91 Å². The lowest BCUT2D eigenvalue weighted by Crippen LogP contribution is -2.39.